The normalized spacial score (nSPS) is 15.8. The van der Waals surface area contributed by atoms with Crippen LogP contribution in [0.1, 0.15) is 17.5 Å². The zero-order valence-electron chi connectivity index (χ0n) is 16.0. The van der Waals surface area contributed by atoms with Crippen LogP contribution in [0.25, 0.3) is 0 Å². The molecule has 0 bridgehead atoms. The summed E-state index contributed by atoms with van der Waals surface area (Å²) in [6.07, 6.45) is -4.74. The summed E-state index contributed by atoms with van der Waals surface area (Å²) >= 11 is 1.02. The lowest BCUT2D eigenvalue weighted by Crippen LogP contribution is -2.31. The molecule has 2 aromatic rings. The highest BCUT2D eigenvalue weighted by Crippen LogP contribution is 2.40. The van der Waals surface area contributed by atoms with Gasteiger partial charge in [0.1, 0.15) is 18.1 Å². The number of alkyl halides is 3. The van der Waals surface area contributed by atoms with Crippen molar-refractivity contribution in [2.45, 2.75) is 29.3 Å². The number of hydrogen-bond donors (Lipinski definition) is 1. The minimum atomic E-state index is -4.51. The summed E-state index contributed by atoms with van der Waals surface area (Å²) in [6, 6.07) is 8.15. The van der Waals surface area contributed by atoms with Crippen LogP contribution in [-0.4, -0.2) is 31.3 Å². The van der Waals surface area contributed by atoms with Crippen molar-refractivity contribution < 1.29 is 37.0 Å². The fourth-order valence-corrected chi connectivity index (χ4v) is 3.90. The van der Waals surface area contributed by atoms with E-state index < -0.39 is 28.9 Å². The molecule has 1 amide bonds. The van der Waals surface area contributed by atoms with Gasteiger partial charge in [0.05, 0.1) is 37.1 Å². The van der Waals surface area contributed by atoms with Crippen molar-refractivity contribution in [1.82, 2.24) is 0 Å². The second-order valence-corrected chi connectivity index (χ2v) is 7.59. The lowest BCUT2D eigenvalue weighted by molar-refractivity contribution is -0.145. The first kappa shape index (κ1) is 21.8. The Balaban J connectivity index is 1.63. The molecule has 3 rings (SSSR count). The molecule has 0 aromatic heterocycles. The molecule has 30 heavy (non-hydrogen) atoms. The van der Waals surface area contributed by atoms with Crippen molar-refractivity contribution in [3.8, 4) is 11.5 Å². The van der Waals surface area contributed by atoms with Crippen LogP contribution in [0.3, 0.4) is 0 Å². The molecule has 160 valence electrons. The molecule has 0 fully saturated rings. The van der Waals surface area contributed by atoms with Gasteiger partial charge in [0.25, 0.3) is 0 Å². The molecule has 2 aromatic carbocycles. The highest BCUT2D eigenvalue weighted by molar-refractivity contribution is 8.01. The van der Waals surface area contributed by atoms with Crippen molar-refractivity contribution >= 4 is 29.3 Å². The minimum Gasteiger partial charge on any atom is -0.497 e. The Hall–Kier alpha value is -2.88. The average Bonchev–Trinajstić information content (AvgIpc) is 2.71. The quantitative estimate of drug-likeness (QED) is 0.675. The Kier molecular flexibility index (Phi) is 6.45. The van der Waals surface area contributed by atoms with Gasteiger partial charge in [-0.15, -0.1) is 11.8 Å². The van der Waals surface area contributed by atoms with Gasteiger partial charge < -0.3 is 19.5 Å². The Morgan fingerprint density at radius 3 is 2.57 bits per heavy atom. The molecule has 0 aliphatic carbocycles. The van der Waals surface area contributed by atoms with Gasteiger partial charge in [0, 0.05) is 10.5 Å². The third-order valence-electron chi connectivity index (χ3n) is 4.35. The van der Waals surface area contributed by atoms with Crippen LogP contribution in [0.15, 0.2) is 41.3 Å². The number of benzene rings is 2. The molecular formula is C20H18F3NO5S. The number of amides is 1. The van der Waals surface area contributed by atoms with Crippen LogP contribution in [0.5, 0.6) is 11.5 Å². The van der Waals surface area contributed by atoms with E-state index in [9.17, 15) is 22.8 Å². The zero-order chi connectivity index (χ0) is 21.9. The Morgan fingerprint density at radius 2 is 1.90 bits per heavy atom. The van der Waals surface area contributed by atoms with Gasteiger partial charge in [0.15, 0.2) is 0 Å². The van der Waals surface area contributed by atoms with E-state index in [2.05, 4.69) is 5.32 Å². The summed E-state index contributed by atoms with van der Waals surface area (Å²) in [4.78, 5) is 25.0. The third kappa shape index (κ3) is 4.99. The van der Waals surface area contributed by atoms with E-state index in [1.54, 1.807) is 18.2 Å². The number of anilines is 1. The molecule has 6 nitrogen and oxygen atoms in total. The average molecular weight is 441 g/mol. The summed E-state index contributed by atoms with van der Waals surface area (Å²) in [5.74, 6) is -0.0905. The second kappa shape index (κ2) is 8.86. The molecule has 0 unspecified atom stereocenters. The number of halogens is 3. The standard InChI is InChI=1S/C20H18F3NO5S/c1-27-13-4-5-15(28-2)11(7-13)10-29-18(25)9-17-19(26)24-14-8-12(20(21,22)23)3-6-16(14)30-17/h3-8,17H,9-10H2,1-2H3,(H,24,26)/t17-/m0/s1. The molecule has 10 heteroatoms. The number of hydrogen-bond acceptors (Lipinski definition) is 6. The number of methoxy groups -OCH3 is 2. The number of thioether (sulfide) groups is 1. The fourth-order valence-electron chi connectivity index (χ4n) is 2.82. The Morgan fingerprint density at radius 1 is 1.13 bits per heavy atom. The fraction of sp³-hybridized carbons (Fsp3) is 0.300. The van der Waals surface area contributed by atoms with E-state index in [-0.39, 0.29) is 18.7 Å². The van der Waals surface area contributed by atoms with E-state index in [1.807, 2.05) is 0 Å². The van der Waals surface area contributed by atoms with Gasteiger partial charge in [-0.25, -0.2) is 0 Å². The van der Waals surface area contributed by atoms with Crippen molar-refractivity contribution in [2.75, 3.05) is 19.5 Å². The van der Waals surface area contributed by atoms with Crippen LogP contribution < -0.4 is 14.8 Å². The van der Waals surface area contributed by atoms with Gasteiger partial charge >= 0.3 is 12.1 Å². The molecule has 0 saturated heterocycles. The van der Waals surface area contributed by atoms with E-state index in [0.717, 1.165) is 23.9 Å². The first-order chi connectivity index (χ1) is 14.2. The van der Waals surface area contributed by atoms with Gasteiger partial charge in [-0.3, -0.25) is 9.59 Å². The summed E-state index contributed by atoms with van der Waals surface area (Å²) < 4.78 is 54.1. The number of nitrogens with one attached hydrogen (secondary N) is 1. The lowest BCUT2D eigenvalue weighted by atomic mass is 10.1. The van der Waals surface area contributed by atoms with Crippen LogP contribution in [-0.2, 0) is 27.1 Å². The molecule has 1 aliphatic heterocycles. The van der Waals surface area contributed by atoms with E-state index in [1.165, 1.54) is 20.3 Å². The van der Waals surface area contributed by atoms with Gasteiger partial charge in [-0.1, -0.05) is 0 Å². The number of rotatable bonds is 6. The second-order valence-electron chi connectivity index (χ2n) is 6.35. The first-order valence-electron chi connectivity index (χ1n) is 8.76. The van der Waals surface area contributed by atoms with Gasteiger partial charge in [-0.2, -0.15) is 13.2 Å². The summed E-state index contributed by atoms with van der Waals surface area (Å²) in [6.45, 7) is -0.0796. The number of fused-ring (bicyclic) bond motifs is 1. The van der Waals surface area contributed by atoms with Gasteiger partial charge in [0.2, 0.25) is 5.91 Å². The molecular weight excluding hydrogens is 423 g/mol. The van der Waals surface area contributed by atoms with Crippen LogP contribution in [0, 0.1) is 0 Å². The van der Waals surface area contributed by atoms with Crippen molar-refractivity contribution in [3.05, 3.63) is 47.5 Å². The maximum atomic E-state index is 12.8. The largest absolute Gasteiger partial charge is 0.497 e. The van der Waals surface area contributed by atoms with Crippen molar-refractivity contribution in [2.24, 2.45) is 0 Å². The molecule has 1 atom stereocenters. The summed E-state index contributed by atoms with van der Waals surface area (Å²) in [5, 5.41) is 1.62. The lowest BCUT2D eigenvalue weighted by Gasteiger charge is -2.24. The zero-order valence-corrected chi connectivity index (χ0v) is 16.9. The van der Waals surface area contributed by atoms with Crippen molar-refractivity contribution in [3.63, 3.8) is 0 Å². The molecule has 1 N–H and O–H groups in total. The van der Waals surface area contributed by atoms with Gasteiger partial charge in [-0.05, 0) is 36.4 Å². The maximum Gasteiger partial charge on any atom is 0.416 e. The number of esters is 1. The molecule has 1 heterocycles. The molecule has 0 spiro atoms. The SMILES string of the molecule is COc1ccc(OC)c(COC(=O)C[C@@H]2Sc3ccc(C(F)(F)F)cc3NC2=O)c1. The summed E-state index contributed by atoms with van der Waals surface area (Å²) in [5.41, 5.74) is -0.186. The maximum absolute atomic E-state index is 12.8. The summed E-state index contributed by atoms with van der Waals surface area (Å²) in [7, 11) is 2.99. The number of carbonyl (C=O) groups is 2. The van der Waals surface area contributed by atoms with E-state index in [0.29, 0.717) is 22.0 Å². The minimum absolute atomic E-state index is 0.0746. The Labute approximate surface area is 174 Å². The van der Waals surface area contributed by atoms with E-state index in [4.69, 9.17) is 14.2 Å². The molecule has 1 aliphatic rings. The van der Waals surface area contributed by atoms with Crippen LogP contribution >= 0.6 is 11.8 Å². The predicted octanol–water partition coefficient (Wildman–Crippen LogP) is 4.27. The smallest absolute Gasteiger partial charge is 0.416 e. The topological polar surface area (TPSA) is 73.9 Å². The highest BCUT2D eigenvalue weighted by Gasteiger charge is 2.34. The molecule has 0 radical (unpaired) electrons. The van der Waals surface area contributed by atoms with Crippen LogP contribution in [0.4, 0.5) is 18.9 Å². The first-order valence-corrected chi connectivity index (χ1v) is 9.64. The highest BCUT2D eigenvalue weighted by atomic mass is 32.2. The monoisotopic (exact) mass is 441 g/mol. The Bertz CT molecular complexity index is 964. The molecule has 0 saturated carbocycles. The van der Waals surface area contributed by atoms with E-state index >= 15 is 0 Å². The number of ether oxygens (including phenoxy) is 3. The predicted molar refractivity (Wildman–Crippen MR) is 104 cm³/mol. The number of carbonyl (C=O) groups excluding carboxylic acids is 2. The van der Waals surface area contributed by atoms with Crippen LogP contribution in [0.2, 0.25) is 0 Å². The van der Waals surface area contributed by atoms with Crippen molar-refractivity contribution in [1.29, 1.82) is 0 Å². The third-order valence-corrected chi connectivity index (χ3v) is 5.63.